The number of fused-ring (bicyclic) bond motifs is 1. The standard InChI is InChI=1S/C24H31N5O7S3/c1-16-11-29(17(2)14-30)24(31)18-7-5-8-19(26-38(32,33)21-13-27(3)15-25-21)23(18)36-20(16)12-28(4)39(34,35)22-9-6-10-37-22/h5-10,13,15-17,20,26,30H,11-12,14H2,1-4H3/t16-,17+,20-/m0/s1. The number of sulfonamides is 2. The van der Waals surface area contributed by atoms with Crippen LogP contribution in [-0.2, 0) is 27.1 Å². The predicted molar refractivity (Wildman–Crippen MR) is 146 cm³/mol. The van der Waals surface area contributed by atoms with Crippen LogP contribution >= 0.6 is 11.3 Å². The molecule has 212 valence electrons. The van der Waals surface area contributed by atoms with E-state index >= 15 is 0 Å². The van der Waals surface area contributed by atoms with Gasteiger partial charge in [-0.25, -0.2) is 13.4 Å². The average molecular weight is 598 g/mol. The van der Waals surface area contributed by atoms with Crippen molar-refractivity contribution in [3.63, 3.8) is 0 Å². The minimum absolute atomic E-state index is 0.00553. The second-order valence-corrected chi connectivity index (χ2v) is 14.4. The van der Waals surface area contributed by atoms with Crippen LogP contribution in [0.15, 0.2) is 57.5 Å². The van der Waals surface area contributed by atoms with E-state index in [-0.39, 0.29) is 45.9 Å². The van der Waals surface area contributed by atoms with Crippen LogP contribution in [0.3, 0.4) is 0 Å². The molecular weight excluding hydrogens is 566 g/mol. The number of hydrogen-bond donors (Lipinski definition) is 2. The molecule has 4 rings (SSSR count). The number of aryl methyl sites for hydroxylation is 1. The number of rotatable bonds is 9. The number of thiophene rings is 1. The van der Waals surface area contributed by atoms with E-state index in [9.17, 15) is 26.7 Å². The molecule has 0 bridgehead atoms. The van der Waals surface area contributed by atoms with Crippen molar-refractivity contribution in [2.24, 2.45) is 13.0 Å². The fourth-order valence-electron chi connectivity index (χ4n) is 4.18. The monoisotopic (exact) mass is 597 g/mol. The van der Waals surface area contributed by atoms with E-state index in [1.54, 1.807) is 25.4 Å². The Morgan fingerprint density at radius 1 is 1.26 bits per heavy atom. The Labute approximate surface area is 231 Å². The molecule has 39 heavy (non-hydrogen) atoms. The lowest BCUT2D eigenvalue weighted by molar-refractivity contribution is 0.0389. The molecular formula is C24H31N5O7S3. The van der Waals surface area contributed by atoms with Gasteiger partial charge in [0.1, 0.15) is 10.3 Å². The Kier molecular flexibility index (Phi) is 8.37. The number of hydrogen-bond acceptors (Lipinski definition) is 9. The zero-order chi connectivity index (χ0) is 28.5. The second kappa shape index (κ2) is 11.3. The van der Waals surface area contributed by atoms with Crippen LogP contribution in [0.1, 0.15) is 24.2 Å². The van der Waals surface area contributed by atoms with Gasteiger partial charge in [-0.1, -0.05) is 19.1 Å². The highest BCUT2D eigenvalue weighted by Gasteiger charge is 2.36. The first-order valence-corrected chi connectivity index (χ1v) is 15.9. The van der Waals surface area contributed by atoms with Gasteiger partial charge in [-0.05, 0) is 30.5 Å². The van der Waals surface area contributed by atoms with Crippen LogP contribution in [0, 0.1) is 5.92 Å². The molecule has 0 fully saturated rings. The maximum atomic E-state index is 13.6. The summed E-state index contributed by atoms with van der Waals surface area (Å²) < 4.78 is 64.1. The molecule has 12 nitrogen and oxygen atoms in total. The van der Waals surface area contributed by atoms with Crippen LogP contribution < -0.4 is 9.46 Å². The number of aliphatic hydroxyl groups is 1. The highest BCUT2D eigenvalue weighted by molar-refractivity contribution is 7.92. The van der Waals surface area contributed by atoms with Gasteiger partial charge in [0, 0.05) is 32.8 Å². The third-order valence-corrected chi connectivity index (χ3v) is 10.9. The van der Waals surface area contributed by atoms with Gasteiger partial charge in [0.05, 0.1) is 36.8 Å². The number of likely N-dealkylation sites (N-methyl/N-ethyl adjacent to an activating group) is 1. The molecule has 1 amide bonds. The fraction of sp³-hybridized carbons (Fsp3) is 0.417. The first-order chi connectivity index (χ1) is 18.3. The lowest BCUT2D eigenvalue weighted by atomic mass is 9.99. The minimum atomic E-state index is -4.14. The van der Waals surface area contributed by atoms with Crippen LogP contribution in [0.2, 0.25) is 0 Å². The van der Waals surface area contributed by atoms with Crippen molar-refractivity contribution < 1.29 is 31.5 Å². The Morgan fingerprint density at radius 2 is 2.00 bits per heavy atom. The number of benzene rings is 1. The molecule has 3 aromatic rings. The number of anilines is 1. The summed E-state index contributed by atoms with van der Waals surface area (Å²) in [5.41, 5.74) is 0.0863. The largest absolute Gasteiger partial charge is 0.486 e. The molecule has 0 unspecified atom stereocenters. The van der Waals surface area contributed by atoms with E-state index < -0.39 is 44.0 Å². The molecule has 0 aliphatic carbocycles. The van der Waals surface area contributed by atoms with Gasteiger partial charge in [-0.3, -0.25) is 9.52 Å². The number of carbonyl (C=O) groups is 1. The van der Waals surface area contributed by atoms with E-state index in [0.29, 0.717) is 0 Å². The molecule has 0 spiro atoms. The summed E-state index contributed by atoms with van der Waals surface area (Å²) in [5.74, 6) is -0.872. The van der Waals surface area contributed by atoms with Gasteiger partial charge < -0.3 is 19.3 Å². The number of amides is 1. The average Bonchev–Trinajstić information content (AvgIpc) is 3.59. The molecule has 3 heterocycles. The summed E-state index contributed by atoms with van der Waals surface area (Å²) in [6.45, 7) is 3.33. The number of carbonyl (C=O) groups excluding carboxylic acids is 1. The zero-order valence-corrected chi connectivity index (χ0v) is 24.3. The molecule has 1 aliphatic heterocycles. The van der Waals surface area contributed by atoms with E-state index in [0.717, 1.165) is 11.3 Å². The van der Waals surface area contributed by atoms with E-state index in [1.165, 1.54) is 57.6 Å². The molecule has 0 saturated carbocycles. The van der Waals surface area contributed by atoms with Gasteiger partial charge >= 0.3 is 0 Å². The summed E-state index contributed by atoms with van der Waals surface area (Å²) >= 11 is 1.10. The SMILES string of the molecule is C[C@H](CO)N1C[C@H](C)[C@H](CN(C)S(=O)(=O)c2cccs2)Oc2c(NS(=O)(=O)c3cn(C)cn3)cccc2C1=O. The van der Waals surface area contributed by atoms with Crippen molar-refractivity contribution in [1.82, 2.24) is 18.8 Å². The van der Waals surface area contributed by atoms with Gasteiger partial charge in [0.15, 0.2) is 10.8 Å². The Balaban J connectivity index is 1.76. The Hall–Kier alpha value is -2.98. The van der Waals surface area contributed by atoms with Crippen molar-refractivity contribution in [2.75, 3.05) is 31.5 Å². The first-order valence-electron chi connectivity index (χ1n) is 12.1. The third kappa shape index (κ3) is 5.96. The zero-order valence-electron chi connectivity index (χ0n) is 21.9. The predicted octanol–water partition coefficient (Wildman–Crippen LogP) is 1.82. The molecule has 2 N–H and O–H groups in total. The Morgan fingerprint density at radius 3 is 2.62 bits per heavy atom. The van der Waals surface area contributed by atoms with Gasteiger partial charge in [-0.2, -0.15) is 12.7 Å². The lowest BCUT2D eigenvalue weighted by Gasteiger charge is -2.38. The molecule has 2 aromatic heterocycles. The van der Waals surface area contributed by atoms with Crippen molar-refractivity contribution in [2.45, 2.75) is 35.2 Å². The second-order valence-electron chi connectivity index (χ2n) is 9.51. The number of imidazole rings is 1. The Bertz CT molecular complexity index is 1540. The third-order valence-electron chi connectivity index (χ3n) is 6.49. The fourth-order valence-corrected chi connectivity index (χ4v) is 7.61. The number of nitrogens with one attached hydrogen (secondary N) is 1. The van der Waals surface area contributed by atoms with Crippen LogP contribution in [-0.4, -0.2) is 85.5 Å². The quantitative estimate of drug-likeness (QED) is 0.379. The van der Waals surface area contributed by atoms with E-state index in [4.69, 9.17) is 4.74 Å². The number of ether oxygens (including phenoxy) is 1. The van der Waals surface area contributed by atoms with Crippen LogP contribution in [0.4, 0.5) is 5.69 Å². The molecule has 1 aliphatic rings. The van der Waals surface area contributed by atoms with Gasteiger partial charge in [-0.15, -0.1) is 11.3 Å². The van der Waals surface area contributed by atoms with Crippen LogP contribution in [0.5, 0.6) is 5.75 Å². The smallest absolute Gasteiger partial charge is 0.281 e. The summed E-state index contributed by atoms with van der Waals surface area (Å²) in [6, 6.07) is 7.10. The number of para-hydroxylation sites is 1. The summed E-state index contributed by atoms with van der Waals surface area (Å²) in [5, 5.41) is 11.3. The molecule has 15 heteroatoms. The number of nitrogens with zero attached hydrogens (tertiary/aromatic N) is 4. The maximum Gasteiger partial charge on any atom is 0.281 e. The van der Waals surface area contributed by atoms with E-state index in [2.05, 4.69) is 9.71 Å². The van der Waals surface area contributed by atoms with Crippen molar-refractivity contribution in [3.8, 4) is 5.75 Å². The highest BCUT2D eigenvalue weighted by Crippen LogP contribution is 2.36. The van der Waals surface area contributed by atoms with Gasteiger partial charge in [0.2, 0.25) is 0 Å². The normalized spacial score (nSPS) is 19.2. The van der Waals surface area contributed by atoms with Crippen molar-refractivity contribution in [3.05, 3.63) is 53.8 Å². The highest BCUT2D eigenvalue weighted by atomic mass is 32.2. The summed E-state index contributed by atoms with van der Waals surface area (Å²) in [7, 11) is -4.86. The number of aromatic nitrogens is 2. The summed E-state index contributed by atoms with van der Waals surface area (Å²) in [4.78, 5) is 19.0. The molecule has 3 atom stereocenters. The van der Waals surface area contributed by atoms with Gasteiger partial charge in [0.25, 0.3) is 26.0 Å². The van der Waals surface area contributed by atoms with Crippen molar-refractivity contribution >= 4 is 43.0 Å². The lowest BCUT2D eigenvalue weighted by Crippen LogP contribution is -2.50. The minimum Gasteiger partial charge on any atom is -0.486 e. The van der Waals surface area contributed by atoms with E-state index in [1.807, 2.05) is 6.92 Å². The van der Waals surface area contributed by atoms with Crippen molar-refractivity contribution in [1.29, 1.82) is 0 Å². The molecule has 0 saturated heterocycles. The maximum absolute atomic E-state index is 13.6. The summed E-state index contributed by atoms with van der Waals surface area (Å²) in [6.07, 6.45) is 1.91. The number of aliphatic hydroxyl groups excluding tert-OH is 1. The van der Waals surface area contributed by atoms with Crippen LogP contribution in [0.25, 0.3) is 0 Å². The molecule has 0 radical (unpaired) electrons. The topological polar surface area (TPSA) is 151 Å². The molecule has 1 aromatic carbocycles. The first kappa shape index (κ1) is 29.0.